The highest BCUT2D eigenvalue weighted by Crippen LogP contribution is 2.34. The number of rotatable bonds is 8. The third-order valence-corrected chi connectivity index (χ3v) is 4.78. The van der Waals surface area contributed by atoms with E-state index < -0.39 is 23.4 Å². The predicted molar refractivity (Wildman–Crippen MR) is 101 cm³/mol. The minimum atomic E-state index is -4.68. The summed E-state index contributed by atoms with van der Waals surface area (Å²) < 4.78 is 44.9. The molecule has 0 aliphatic heterocycles. The molecule has 1 N–H and O–H groups in total. The van der Waals surface area contributed by atoms with Crippen LogP contribution in [0.25, 0.3) is 0 Å². The van der Waals surface area contributed by atoms with E-state index in [0.717, 1.165) is 17.7 Å². The molecule has 4 nitrogen and oxygen atoms in total. The molecule has 1 aromatic heterocycles. The number of halogens is 3. The van der Waals surface area contributed by atoms with Gasteiger partial charge in [-0.25, -0.2) is 0 Å². The number of carbonyl (C=O) groups is 1. The maximum atomic E-state index is 13.1. The van der Waals surface area contributed by atoms with Crippen LogP contribution in [-0.4, -0.2) is 18.1 Å². The van der Waals surface area contributed by atoms with Crippen LogP contribution < -0.4 is 10.1 Å². The molecular weight excluding hydrogens is 389 g/mol. The molecule has 2 unspecified atom stereocenters. The van der Waals surface area contributed by atoms with E-state index in [0.29, 0.717) is 19.3 Å². The summed E-state index contributed by atoms with van der Waals surface area (Å²) in [5, 5.41) is 15.7. The van der Waals surface area contributed by atoms with Crippen molar-refractivity contribution in [3.63, 3.8) is 0 Å². The molecule has 1 heterocycles. The molecule has 1 aromatic carbocycles. The summed E-state index contributed by atoms with van der Waals surface area (Å²) in [6.07, 6.45) is -3.95. The summed E-state index contributed by atoms with van der Waals surface area (Å²) in [4.78, 5) is 12.6. The van der Waals surface area contributed by atoms with E-state index in [1.807, 2.05) is 30.7 Å². The minimum Gasteiger partial charge on any atom is -0.481 e. The van der Waals surface area contributed by atoms with Crippen molar-refractivity contribution in [3.8, 4) is 11.8 Å². The Morgan fingerprint density at radius 2 is 2.11 bits per heavy atom. The summed E-state index contributed by atoms with van der Waals surface area (Å²) in [7, 11) is 0. The summed E-state index contributed by atoms with van der Waals surface area (Å²) in [6.45, 7) is 3.72. The smallest absolute Gasteiger partial charge is 0.417 e. The second-order valence-electron chi connectivity index (χ2n) is 6.46. The molecule has 0 spiro atoms. The van der Waals surface area contributed by atoms with Gasteiger partial charge in [0.05, 0.1) is 17.2 Å². The molecule has 1 amide bonds. The molecule has 2 atom stereocenters. The number of hydrogen-bond acceptors (Lipinski definition) is 4. The lowest BCUT2D eigenvalue weighted by Crippen LogP contribution is -2.43. The molecule has 2 aromatic rings. The van der Waals surface area contributed by atoms with Gasteiger partial charge >= 0.3 is 6.18 Å². The van der Waals surface area contributed by atoms with E-state index in [9.17, 15) is 18.0 Å². The van der Waals surface area contributed by atoms with Crippen LogP contribution in [0.1, 0.15) is 43.4 Å². The van der Waals surface area contributed by atoms with Crippen molar-refractivity contribution in [2.24, 2.45) is 0 Å². The topological polar surface area (TPSA) is 62.1 Å². The molecule has 28 heavy (non-hydrogen) atoms. The third-order valence-electron chi connectivity index (χ3n) is 4.05. The lowest BCUT2D eigenvalue weighted by atomic mass is 10.1. The highest BCUT2D eigenvalue weighted by molar-refractivity contribution is 7.07. The number of hydrogen-bond donors (Lipinski definition) is 1. The number of nitrogens with zero attached hydrogens (tertiary/aromatic N) is 1. The zero-order valence-electron chi connectivity index (χ0n) is 15.5. The van der Waals surface area contributed by atoms with Crippen molar-refractivity contribution in [2.45, 2.75) is 51.4 Å². The van der Waals surface area contributed by atoms with Crippen LogP contribution in [0.15, 0.2) is 35.0 Å². The highest BCUT2D eigenvalue weighted by atomic mass is 32.1. The van der Waals surface area contributed by atoms with Crippen molar-refractivity contribution >= 4 is 17.2 Å². The van der Waals surface area contributed by atoms with E-state index in [4.69, 9.17) is 10.00 Å². The maximum absolute atomic E-state index is 13.1. The number of benzene rings is 1. The van der Waals surface area contributed by atoms with E-state index in [-0.39, 0.29) is 17.7 Å². The van der Waals surface area contributed by atoms with Gasteiger partial charge in [0.15, 0.2) is 6.10 Å². The van der Waals surface area contributed by atoms with Crippen LogP contribution in [0.4, 0.5) is 13.2 Å². The molecule has 0 bridgehead atoms. The van der Waals surface area contributed by atoms with Gasteiger partial charge in [0.25, 0.3) is 5.91 Å². The minimum absolute atomic E-state index is 0.0922. The van der Waals surface area contributed by atoms with Crippen LogP contribution in [0, 0.1) is 11.3 Å². The number of carbonyl (C=O) groups excluding carboxylic acids is 1. The molecule has 150 valence electrons. The number of amides is 1. The van der Waals surface area contributed by atoms with E-state index in [1.54, 1.807) is 11.3 Å². The van der Waals surface area contributed by atoms with Crippen LogP contribution >= 0.6 is 11.3 Å². The SMILES string of the molecule is CCCC(Oc1ccc(C#N)c(C(F)(F)F)c1)C(=O)NC(C)Cc1ccsc1. The summed E-state index contributed by atoms with van der Waals surface area (Å²) in [5.74, 6) is -0.465. The normalized spacial score (nSPS) is 13.4. The first-order valence-electron chi connectivity index (χ1n) is 8.84. The van der Waals surface area contributed by atoms with Gasteiger partial charge in [-0.3, -0.25) is 4.79 Å². The largest absolute Gasteiger partial charge is 0.481 e. The molecule has 0 saturated heterocycles. The molecule has 0 radical (unpaired) electrons. The molecule has 0 fully saturated rings. The molecule has 0 aliphatic rings. The van der Waals surface area contributed by atoms with Crippen LogP contribution in [0.3, 0.4) is 0 Å². The summed E-state index contributed by atoms with van der Waals surface area (Å²) in [5.41, 5.74) is -0.456. The third kappa shape index (κ3) is 5.99. The van der Waals surface area contributed by atoms with Gasteiger partial charge in [0.1, 0.15) is 5.75 Å². The van der Waals surface area contributed by atoms with Gasteiger partial charge < -0.3 is 10.1 Å². The van der Waals surface area contributed by atoms with Gasteiger partial charge in [0.2, 0.25) is 0 Å². The number of nitriles is 1. The van der Waals surface area contributed by atoms with Crippen LogP contribution in [0.2, 0.25) is 0 Å². The second kappa shape index (κ2) is 9.60. The average molecular weight is 410 g/mol. The Labute approximate surface area is 165 Å². The van der Waals surface area contributed by atoms with E-state index in [2.05, 4.69) is 5.32 Å². The molecule has 0 saturated carbocycles. The molecule has 2 rings (SSSR count). The van der Waals surface area contributed by atoms with Crippen molar-refractivity contribution in [1.82, 2.24) is 5.32 Å². The molecular formula is C20H21F3N2O2S. The van der Waals surface area contributed by atoms with E-state index >= 15 is 0 Å². The van der Waals surface area contributed by atoms with Gasteiger partial charge in [0, 0.05) is 6.04 Å². The average Bonchev–Trinajstić information content (AvgIpc) is 3.13. The fraction of sp³-hybridized carbons (Fsp3) is 0.400. The summed E-state index contributed by atoms with van der Waals surface area (Å²) >= 11 is 1.57. The van der Waals surface area contributed by atoms with Crippen LogP contribution in [-0.2, 0) is 17.4 Å². The van der Waals surface area contributed by atoms with Crippen molar-refractivity contribution < 1.29 is 22.7 Å². The zero-order chi connectivity index (χ0) is 20.7. The quantitative estimate of drug-likeness (QED) is 0.671. The number of alkyl halides is 3. The lowest BCUT2D eigenvalue weighted by Gasteiger charge is -2.22. The number of nitrogens with one attached hydrogen (secondary N) is 1. The van der Waals surface area contributed by atoms with Gasteiger partial charge in [-0.05, 0) is 60.4 Å². The van der Waals surface area contributed by atoms with Crippen molar-refractivity contribution in [1.29, 1.82) is 5.26 Å². The Hall–Kier alpha value is -2.53. The monoisotopic (exact) mass is 410 g/mol. The highest BCUT2D eigenvalue weighted by Gasteiger charge is 2.34. The lowest BCUT2D eigenvalue weighted by molar-refractivity contribution is -0.137. The van der Waals surface area contributed by atoms with Crippen molar-refractivity contribution in [2.75, 3.05) is 0 Å². The van der Waals surface area contributed by atoms with Crippen molar-refractivity contribution in [3.05, 3.63) is 51.7 Å². The summed E-state index contributed by atoms with van der Waals surface area (Å²) in [6, 6.07) is 6.45. The Kier molecular flexibility index (Phi) is 7.46. The Morgan fingerprint density at radius 1 is 1.36 bits per heavy atom. The predicted octanol–water partition coefficient (Wildman–Crippen LogP) is 4.93. The van der Waals surface area contributed by atoms with Gasteiger partial charge in [-0.15, -0.1) is 0 Å². The first-order valence-corrected chi connectivity index (χ1v) is 9.78. The Balaban J connectivity index is 2.11. The zero-order valence-corrected chi connectivity index (χ0v) is 16.4. The molecule has 0 aliphatic carbocycles. The first-order chi connectivity index (χ1) is 13.2. The Bertz CT molecular complexity index is 829. The number of thiophene rings is 1. The standard InChI is InChI=1S/C20H21F3N2O2S/c1-3-4-18(19(26)25-13(2)9-14-7-8-28-12-14)27-16-6-5-15(11-24)17(10-16)20(21,22)23/h5-8,10,12-13,18H,3-4,9H2,1-2H3,(H,25,26). The van der Waals surface area contributed by atoms with Crippen LogP contribution in [0.5, 0.6) is 5.75 Å². The fourth-order valence-corrected chi connectivity index (χ4v) is 3.43. The van der Waals surface area contributed by atoms with Gasteiger partial charge in [-0.1, -0.05) is 13.3 Å². The second-order valence-corrected chi connectivity index (χ2v) is 7.24. The first kappa shape index (κ1) is 21.8. The molecule has 8 heteroatoms. The number of ether oxygens (including phenoxy) is 1. The Morgan fingerprint density at radius 3 is 2.68 bits per heavy atom. The van der Waals surface area contributed by atoms with Gasteiger partial charge in [-0.2, -0.15) is 29.8 Å². The van der Waals surface area contributed by atoms with E-state index in [1.165, 1.54) is 12.1 Å². The maximum Gasteiger partial charge on any atom is 0.417 e. The fourth-order valence-electron chi connectivity index (χ4n) is 2.75.